The van der Waals surface area contributed by atoms with E-state index in [4.69, 9.17) is 24.7 Å². The summed E-state index contributed by atoms with van der Waals surface area (Å²) in [5.74, 6) is 1.88. The first-order valence-corrected chi connectivity index (χ1v) is 19.9. The fraction of sp³-hybridized carbons (Fsp3) is 0.488. The molecule has 0 aliphatic carbocycles. The number of aromatic amines is 1. The number of hydrogen-bond donors (Lipinski definition) is 5. The quantitative estimate of drug-likeness (QED) is 0.187. The number of aliphatic hydroxyl groups excluding tert-OH is 1. The van der Waals surface area contributed by atoms with Crippen molar-refractivity contribution in [2.75, 3.05) is 39.9 Å². The maximum atomic E-state index is 15.0. The van der Waals surface area contributed by atoms with Crippen molar-refractivity contribution in [2.45, 2.75) is 87.8 Å². The monoisotopic (exact) mass is 753 g/mol. The molecule has 8 atom stereocenters. The minimum absolute atomic E-state index is 0.0281. The Hall–Kier alpha value is -3.98. The predicted molar refractivity (Wildman–Crippen MR) is 204 cm³/mol. The van der Waals surface area contributed by atoms with Crippen molar-refractivity contribution in [1.29, 1.82) is 0 Å². The van der Waals surface area contributed by atoms with Crippen LogP contribution in [-0.2, 0) is 27.9 Å². The summed E-state index contributed by atoms with van der Waals surface area (Å²) in [5.41, 5.74) is 16.0. The molecule has 3 aromatic carbocycles. The second kappa shape index (κ2) is 12.0. The Labute approximate surface area is 318 Å². The number of benzene rings is 3. The lowest BCUT2D eigenvalue weighted by atomic mass is 9.72. The Morgan fingerprint density at radius 1 is 1.06 bits per heavy atom. The van der Waals surface area contributed by atoms with E-state index in [2.05, 4.69) is 72.2 Å². The maximum Gasteiger partial charge on any atom is 0.333 e. The standard InChI is InChI=1S/C41H47N5O7S/c1-17-7-8-25-23(9-17)24-12-22(13-42)44-41(38(24)43-25)15-54-37-28-19(3)20(4)35-36(53-16-52-35)30(28)27(14-51-40(41)49)46-32(37)31-29-21(11-26(39(46)48)45(31)5)10-18(2)34(50-6)33(29)47/h7-10,22,26-27,31-32,37,39,43-44,47-48H,11-16,42H2,1-6H3/t22-,26-,27+,31+,32-,37-,39+,41-/m1/s1. The number of esters is 1. The summed E-state index contributed by atoms with van der Waals surface area (Å²) in [6, 6.07) is 6.74. The number of aromatic hydroxyl groups is 1. The van der Waals surface area contributed by atoms with E-state index < -0.39 is 17.8 Å². The van der Waals surface area contributed by atoms with Crippen molar-refractivity contribution >= 4 is 28.6 Å². The zero-order valence-corrected chi connectivity index (χ0v) is 32.2. The fourth-order valence-electron chi connectivity index (χ4n) is 10.8. The van der Waals surface area contributed by atoms with Crippen LogP contribution in [0.15, 0.2) is 24.3 Å². The van der Waals surface area contributed by atoms with Gasteiger partial charge >= 0.3 is 5.97 Å². The van der Waals surface area contributed by atoms with E-state index in [9.17, 15) is 15.0 Å². The molecule has 4 bridgehead atoms. The number of hydrogen-bond acceptors (Lipinski definition) is 12. The minimum atomic E-state index is -1.23. The van der Waals surface area contributed by atoms with Gasteiger partial charge in [-0.1, -0.05) is 17.7 Å². The number of likely N-dealkylation sites (N-methyl/N-ethyl adjacent to an activating group) is 1. The number of phenolic OH excluding ortho intramolecular Hbond substituents is 1. The average molecular weight is 754 g/mol. The highest BCUT2D eigenvalue weighted by Crippen LogP contribution is 2.63. The number of piperazine rings is 1. The van der Waals surface area contributed by atoms with Crippen LogP contribution in [0.1, 0.15) is 73.1 Å². The highest BCUT2D eigenvalue weighted by Gasteiger charge is 2.61. The largest absolute Gasteiger partial charge is 0.504 e. The van der Waals surface area contributed by atoms with Crippen molar-refractivity contribution in [3.05, 3.63) is 80.0 Å². The molecule has 7 aliphatic rings. The van der Waals surface area contributed by atoms with Gasteiger partial charge in [0, 0.05) is 51.7 Å². The molecule has 7 aliphatic heterocycles. The van der Waals surface area contributed by atoms with Crippen molar-refractivity contribution in [1.82, 2.24) is 20.1 Å². The Balaban J connectivity index is 1.22. The third-order valence-electron chi connectivity index (χ3n) is 13.4. The van der Waals surface area contributed by atoms with Crippen LogP contribution in [0.5, 0.6) is 23.0 Å². The number of rotatable bonds is 2. The van der Waals surface area contributed by atoms with E-state index in [0.29, 0.717) is 42.4 Å². The summed E-state index contributed by atoms with van der Waals surface area (Å²) >= 11 is 1.68. The molecule has 1 spiro atoms. The Morgan fingerprint density at radius 2 is 1.85 bits per heavy atom. The highest BCUT2D eigenvalue weighted by molar-refractivity contribution is 7.99. The van der Waals surface area contributed by atoms with Gasteiger partial charge in [0.15, 0.2) is 28.5 Å². The van der Waals surface area contributed by atoms with Crippen LogP contribution in [0.25, 0.3) is 10.9 Å². The number of carbonyl (C=O) groups excluding carboxylic acids is 1. The highest BCUT2D eigenvalue weighted by atomic mass is 32.2. The molecule has 11 rings (SSSR count). The van der Waals surface area contributed by atoms with E-state index >= 15 is 0 Å². The summed E-state index contributed by atoms with van der Waals surface area (Å²) in [6.45, 7) is 8.64. The van der Waals surface area contributed by atoms with Crippen molar-refractivity contribution in [2.24, 2.45) is 5.73 Å². The molecule has 0 unspecified atom stereocenters. The van der Waals surface area contributed by atoms with Gasteiger partial charge in [-0.3, -0.25) is 15.1 Å². The number of carbonyl (C=O) groups is 1. The van der Waals surface area contributed by atoms with E-state index in [1.54, 1.807) is 18.9 Å². The molecule has 2 fully saturated rings. The van der Waals surface area contributed by atoms with Gasteiger partial charge in [0.2, 0.25) is 6.79 Å². The van der Waals surface area contributed by atoms with E-state index in [1.165, 1.54) is 0 Å². The Bertz CT molecular complexity index is 2280. The van der Waals surface area contributed by atoms with Crippen LogP contribution in [0, 0.1) is 27.7 Å². The van der Waals surface area contributed by atoms with Crippen molar-refractivity contribution < 1.29 is 34.0 Å². The van der Waals surface area contributed by atoms with Crippen LogP contribution in [0.2, 0.25) is 0 Å². The molecule has 1 aromatic heterocycles. The Kier molecular flexibility index (Phi) is 7.67. The SMILES string of the molecule is COc1c(C)cc2c(c1O)[C@H]1[C@@H]3[C@@H]4SC[C@]5(N[C@@H](CN)Cc6c5[nH]c5ccc(C)cc65)C(=O)OC[C@@H](c5c6c(c(C)c(C)c54)OCO6)N3[C@@H](O)[C@@H](C2)N1C. The lowest BCUT2D eigenvalue weighted by Gasteiger charge is -2.62. The summed E-state index contributed by atoms with van der Waals surface area (Å²) in [7, 11) is 3.64. The third kappa shape index (κ3) is 4.42. The smallest absolute Gasteiger partial charge is 0.333 e. The van der Waals surface area contributed by atoms with E-state index in [-0.39, 0.29) is 54.5 Å². The van der Waals surface area contributed by atoms with Gasteiger partial charge in [0.1, 0.15) is 12.8 Å². The van der Waals surface area contributed by atoms with Gasteiger partial charge in [0.25, 0.3) is 0 Å². The number of aromatic nitrogens is 1. The van der Waals surface area contributed by atoms with Crippen LogP contribution >= 0.6 is 11.8 Å². The molecule has 2 saturated heterocycles. The number of nitrogens with zero attached hydrogens (tertiary/aromatic N) is 2. The lowest BCUT2D eigenvalue weighted by molar-refractivity contribution is -0.186. The summed E-state index contributed by atoms with van der Waals surface area (Å²) in [6.07, 6.45) is 0.294. The van der Waals surface area contributed by atoms with E-state index in [0.717, 1.165) is 66.7 Å². The molecule has 4 aromatic rings. The first-order valence-electron chi connectivity index (χ1n) is 18.9. The molecule has 54 heavy (non-hydrogen) atoms. The zero-order valence-electron chi connectivity index (χ0n) is 31.4. The number of thioether (sulfide) groups is 1. The van der Waals surface area contributed by atoms with Gasteiger partial charge in [-0.2, -0.15) is 0 Å². The molecule has 8 heterocycles. The number of H-pyrrole nitrogens is 1. The molecule has 0 amide bonds. The number of aliphatic hydroxyl groups is 1. The number of aryl methyl sites for hydroxylation is 2. The van der Waals surface area contributed by atoms with Crippen molar-refractivity contribution in [3.63, 3.8) is 0 Å². The zero-order chi connectivity index (χ0) is 37.5. The van der Waals surface area contributed by atoms with Gasteiger partial charge in [-0.15, -0.1) is 11.8 Å². The molecule has 0 saturated carbocycles. The molecule has 0 radical (unpaired) electrons. The predicted octanol–water partition coefficient (Wildman–Crippen LogP) is 4.20. The normalized spacial score (nSPS) is 31.2. The number of nitrogens with one attached hydrogen (secondary N) is 2. The van der Waals surface area contributed by atoms with E-state index in [1.807, 2.05) is 6.92 Å². The average Bonchev–Trinajstić information content (AvgIpc) is 3.79. The van der Waals surface area contributed by atoms with Gasteiger partial charge in [-0.05, 0) is 93.1 Å². The first-order chi connectivity index (χ1) is 26.0. The number of nitrogens with two attached hydrogens (primary N) is 1. The molecular weight excluding hydrogens is 707 g/mol. The number of ether oxygens (including phenoxy) is 4. The Morgan fingerprint density at radius 3 is 2.63 bits per heavy atom. The summed E-state index contributed by atoms with van der Waals surface area (Å²) < 4.78 is 24.7. The van der Waals surface area contributed by atoms with Crippen LogP contribution in [0.4, 0.5) is 0 Å². The van der Waals surface area contributed by atoms with Crippen molar-refractivity contribution in [3.8, 4) is 23.0 Å². The lowest BCUT2D eigenvalue weighted by Crippen LogP contribution is -2.70. The third-order valence-corrected chi connectivity index (χ3v) is 14.9. The summed E-state index contributed by atoms with van der Waals surface area (Å²) in [4.78, 5) is 23.0. The number of fused-ring (bicyclic) bond motifs is 11. The fourth-order valence-corrected chi connectivity index (χ4v) is 12.6. The molecule has 284 valence electrons. The molecule has 12 nitrogen and oxygen atoms in total. The molecule has 13 heteroatoms. The van der Waals surface area contributed by atoms with Gasteiger partial charge in [-0.25, -0.2) is 4.79 Å². The number of phenols is 1. The second-order valence-corrected chi connectivity index (χ2v) is 17.2. The number of methoxy groups -OCH3 is 1. The maximum absolute atomic E-state index is 15.0. The topological polar surface area (TPSA) is 155 Å². The van der Waals surface area contributed by atoms with Crippen LogP contribution < -0.4 is 25.3 Å². The first kappa shape index (κ1) is 34.5. The van der Waals surface area contributed by atoms with Crippen LogP contribution in [-0.4, -0.2) is 95.2 Å². The van der Waals surface area contributed by atoms with Crippen LogP contribution in [0.3, 0.4) is 0 Å². The second-order valence-electron chi connectivity index (χ2n) is 16.1. The summed E-state index contributed by atoms with van der Waals surface area (Å²) in [5, 5.41) is 29.2. The minimum Gasteiger partial charge on any atom is -0.504 e. The van der Waals surface area contributed by atoms with Gasteiger partial charge in [0.05, 0.1) is 30.9 Å². The van der Waals surface area contributed by atoms with Gasteiger partial charge < -0.3 is 39.9 Å². The molecular formula is C41H47N5O7S. The molecule has 6 N–H and O–H groups in total.